The molecule has 1 aromatic heterocycles. The van der Waals surface area contributed by atoms with Gasteiger partial charge in [0.05, 0.1) is 16.7 Å². The average molecular weight is 291 g/mol. The van der Waals surface area contributed by atoms with Crippen molar-refractivity contribution in [2.45, 2.75) is 18.8 Å². The highest BCUT2D eigenvalue weighted by atomic mass is 19.1. The van der Waals surface area contributed by atoms with Gasteiger partial charge in [0, 0.05) is 25.1 Å². The molecule has 0 amide bonds. The van der Waals surface area contributed by atoms with Crippen molar-refractivity contribution in [1.82, 2.24) is 15.2 Å². The number of hydrogen-bond acceptors (Lipinski definition) is 5. The number of aromatic amines is 1. The van der Waals surface area contributed by atoms with Crippen molar-refractivity contribution in [1.29, 1.82) is 0 Å². The molecule has 0 bridgehead atoms. The molecule has 1 fully saturated rings. The maximum absolute atomic E-state index is 14.1. The quantitative estimate of drug-likeness (QED) is 0.692. The summed E-state index contributed by atoms with van der Waals surface area (Å²) in [6.45, 7) is 1.34. The number of halogens is 1. The monoisotopic (exact) mass is 291 g/mol. The van der Waals surface area contributed by atoms with Crippen molar-refractivity contribution in [2.75, 3.05) is 18.0 Å². The number of benzene rings is 1. The Hall–Kier alpha value is -2.51. The van der Waals surface area contributed by atoms with E-state index in [4.69, 9.17) is 0 Å². The fraction of sp³-hybridized carbons (Fsp3) is 0.385. The predicted molar refractivity (Wildman–Crippen MR) is 73.6 cm³/mol. The van der Waals surface area contributed by atoms with Crippen LogP contribution in [0.2, 0.25) is 0 Å². The first kappa shape index (κ1) is 13.5. The first-order chi connectivity index (χ1) is 10.1. The van der Waals surface area contributed by atoms with Gasteiger partial charge in [-0.05, 0) is 18.9 Å². The van der Waals surface area contributed by atoms with Gasteiger partial charge in [-0.1, -0.05) is 0 Å². The minimum atomic E-state index is -0.597. The van der Waals surface area contributed by atoms with Crippen LogP contribution in [0.1, 0.15) is 24.6 Å². The third-order valence-electron chi connectivity index (χ3n) is 3.72. The molecular weight excluding hydrogens is 277 g/mol. The van der Waals surface area contributed by atoms with Crippen molar-refractivity contribution in [3.8, 4) is 0 Å². The molecule has 1 aliphatic heterocycles. The zero-order valence-corrected chi connectivity index (χ0v) is 11.2. The van der Waals surface area contributed by atoms with E-state index < -0.39 is 10.7 Å². The number of nitrogens with zero attached hydrogens (tertiary/aromatic N) is 4. The molecule has 1 unspecified atom stereocenters. The van der Waals surface area contributed by atoms with Crippen LogP contribution in [0.4, 0.5) is 15.8 Å². The molecule has 2 aromatic rings. The van der Waals surface area contributed by atoms with Crippen LogP contribution < -0.4 is 4.90 Å². The van der Waals surface area contributed by atoms with Crippen LogP contribution in [0, 0.1) is 15.9 Å². The van der Waals surface area contributed by atoms with E-state index in [0.29, 0.717) is 12.2 Å². The lowest BCUT2D eigenvalue weighted by Crippen LogP contribution is -2.35. The van der Waals surface area contributed by atoms with Gasteiger partial charge in [-0.2, -0.15) is 5.10 Å². The van der Waals surface area contributed by atoms with Crippen LogP contribution in [0.25, 0.3) is 0 Å². The number of non-ortho nitro benzene ring substituents is 1. The molecule has 0 saturated carbocycles. The highest BCUT2D eigenvalue weighted by molar-refractivity contribution is 5.53. The van der Waals surface area contributed by atoms with Gasteiger partial charge >= 0.3 is 0 Å². The number of hydrogen-bond donors (Lipinski definition) is 1. The van der Waals surface area contributed by atoms with Crippen LogP contribution in [-0.4, -0.2) is 33.2 Å². The summed E-state index contributed by atoms with van der Waals surface area (Å²) in [6, 6.07) is 3.76. The third-order valence-corrected chi connectivity index (χ3v) is 3.72. The topological polar surface area (TPSA) is 87.9 Å². The lowest BCUT2D eigenvalue weighted by atomic mass is 9.97. The molecule has 3 rings (SSSR count). The molecule has 0 aliphatic carbocycles. The summed E-state index contributed by atoms with van der Waals surface area (Å²) in [7, 11) is 0. The summed E-state index contributed by atoms with van der Waals surface area (Å²) in [6.07, 6.45) is 3.32. The Labute approximate surface area is 120 Å². The Morgan fingerprint density at radius 1 is 1.48 bits per heavy atom. The number of anilines is 1. The lowest BCUT2D eigenvalue weighted by Gasteiger charge is -2.33. The van der Waals surface area contributed by atoms with Crippen LogP contribution in [-0.2, 0) is 0 Å². The molecule has 8 heteroatoms. The van der Waals surface area contributed by atoms with Crippen LogP contribution in [0.5, 0.6) is 0 Å². The summed E-state index contributed by atoms with van der Waals surface area (Å²) in [5.41, 5.74) is 0.157. The molecule has 2 heterocycles. The van der Waals surface area contributed by atoms with E-state index in [0.717, 1.165) is 31.3 Å². The third kappa shape index (κ3) is 2.69. The molecule has 7 nitrogen and oxygen atoms in total. The molecule has 110 valence electrons. The maximum Gasteiger partial charge on any atom is 0.272 e. The molecule has 1 saturated heterocycles. The smallest absolute Gasteiger partial charge is 0.272 e. The maximum atomic E-state index is 14.1. The fourth-order valence-electron chi connectivity index (χ4n) is 2.70. The number of H-pyrrole nitrogens is 1. The van der Waals surface area contributed by atoms with Crippen LogP contribution in [0.15, 0.2) is 24.5 Å². The second kappa shape index (κ2) is 5.47. The highest BCUT2D eigenvalue weighted by Crippen LogP contribution is 2.31. The van der Waals surface area contributed by atoms with Gasteiger partial charge in [0.1, 0.15) is 12.2 Å². The van der Waals surface area contributed by atoms with Crippen LogP contribution >= 0.6 is 0 Å². The number of rotatable bonds is 3. The van der Waals surface area contributed by atoms with Crippen LogP contribution in [0.3, 0.4) is 0 Å². The second-order valence-corrected chi connectivity index (χ2v) is 5.05. The Balaban J connectivity index is 1.82. The van der Waals surface area contributed by atoms with Gasteiger partial charge < -0.3 is 4.90 Å². The summed E-state index contributed by atoms with van der Waals surface area (Å²) in [5.74, 6) is 0.389. The largest absolute Gasteiger partial charge is 0.368 e. The van der Waals surface area contributed by atoms with E-state index in [9.17, 15) is 14.5 Å². The molecule has 1 aliphatic rings. The van der Waals surface area contributed by atoms with Crippen molar-refractivity contribution < 1.29 is 9.31 Å². The summed E-state index contributed by atoms with van der Waals surface area (Å²) >= 11 is 0. The Morgan fingerprint density at radius 2 is 2.33 bits per heavy atom. The summed E-state index contributed by atoms with van der Waals surface area (Å²) in [4.78, 5) is 16.1. The molecule has 0 spiro atoms. The van der Waals surface area contributed by atoms with Crippen molar-refractivity contribution >= 4 is 11.4 Å². The van der Waals surface area contributed by atoms with Crippen molar-refractivity contribution in [2.24, 2.45) is 0 Å². The highest BCUT2D eigenvalue weighted by Gasteiger charge is 2.25. The molecule has 0 radical (unpaired) electrons. The summed E-state index contributed by atoms with van der Waals surface area (Å²) in [5, 5.41) is 17.3. The minimum Gasteiger partial charge on any atom is -0.368 e. The fourth-order valence-corrected chi connectivity index (χ4v) is 2.70. The molecule has 1 N–H and O–H groups in total. The standard InChI is InChI=1S/C13H14FN5O2/c14-11-6-10(19(20)21)3-4-12(11)18-5-1-2-9(7-18)13-15-8-16-17-13/h3-4,6,8-9H,1-2,5,7H2,(H,15,16,17). The van der Waals surface area contributed by atoms with E-state index >= 15 is 0 Å². The van der Waals surface area contributed by atoms with E-state index in [-0.39, 0.29) is 11.6 Å². The number of aromatic nitrogens is 3. The van der Waals surface area contributed by atoms with E-state index in [1.54, 1.807) is 0 Å². The van der Waals surface area contributed by atoms with Gasteiger partial charge in [-0.3, -0.25) is 15.2 Å². The second-order valence-electron chi connectivity index (χ2n) is 5.05. The minimum absolute atomic E-state index is 0.163. The first-order valence-corrected chi connectivity index (χ1v) is 6.69. The van der Waals surface area contributed by atoms with Gasteiger partial charge in [0.15, 0.2) is 5.82 Å². The Kier molecular flexibility index (Phi) is 3.51. The molecule has 1 atom stereocenters. The van der Waals surface area contributed by atoms with E-state index in [2.05, 4.69) is 15.2 Å². The van der Waals surface area contributed by atoms with Gasteiger partial charge in [0.2, 0.25) is 0 Å². The molecule has 21 heavy (non-hydrogen) atoms. The van der Waals surface area contributed by atoms with Gasteiger partial charge in [-0.25, -0.2) is 9.37 Å². The predicted octanol–water partition coefficient (Wildman–Crippen LogP) is 2.24. The average Bonchev–Trinajstić information content (AvgIpc) is 3.01. The van der Waals surface area contributed by atoms with Gasteiger partial charge in [0.25, 0.3) is 5.69 Å². The molecular formula is C13H14FN5O2. The molecule has 1 aromatic carbocycles. The number of nitro groups is 1. The SMILES string of the molecule is O=[N+]([O-])c1ccc(N2CCCC(c3ncn[nH]3)C2)c(F)c1. The zero-order valence-electron chi connectivity index (χ0n) is 11.2. The summed E-state index contributed by atoms with van der Waals surface area (Å²) < 4.78 is 14.1. The number of piperidine rings is 1. The van der Waals surface area contributed by atoms with E-state index in [1.807, 2.05) is 4.90 Å². The van der Waals surface area contributed by atoms with E-state index in [1.165, 1.54) is 18.5 Å². The Bertz CT molecular complexity index is 646. The van der Waals surface area contributed by atoms with Gasteiger partial charge in [-0.15, -0.1) is 0 Å². The van der Waals surface area contributed by atoms with Crippen molar-refractivity contribution in [3.05, 3.63) is 46.3 Å². The van der Waals surface area contributed by atoms with Crippen molar-refractivity contribution in [3.63, 3.8) is 0 Å². The lowest BCUT2D eigenvalue weighted by molar-refractivity contribution is -0.385. The number of nitrogens with one attached hydrogen (secondary N) is 1. The first-order valence-electron chi connectivity index (χ1n) is 6.69. The normalized spacial score (nSPS) is 18.7. The zero-order chi connectivity index (χ0) is 14.8. The number of nitro benzene ring substituents is 1. The Morgan fingerprint density at radius 3 is 3.00 bits per heavy atom.